The Labute approximate surface area is 241 Å². The Kier molecular flexibility index (Phi) is 8.83. The van der Waals surface area contributed by atoms with Gasteiger partial charge in [0.05, 0.1) is 27.8 Å². The van der Waals surface area contributed by atoms with Crippen LogP contribution in [0.1, 0.15) is 21.3 Å². The highest BCUT2D eigenvalue weighted by atomic mass is 32.2. The quantitative estimate of drug-likeness (QED) is 0.158. The van der Waals surface area contributed by atoms with E-state index in [9.17, 15) is 13.7 Å². The number of piperazine rings is 1. The zero-order chi connectivity index (χ0) is 28.3. The van der Waals surface area contributed by atoms with Crippen LogP contribution in [0.25, 0.3) is 22.2 Å². The van der Waals surface area contributed by atoms with E-state index in [0.29, 0.717) is 31.3 Å². The molecule has 2 aromatic heterocycles. The fraction of sp³-hybridized carbons (Fsp3) is 0.300. The Hall–Kier alpha value is -4.56. The zero-order valence-corrected chi connectivity index (χ0v) is 23.4. The summed E-state index contributed by atoms with van der Waals surface area (Å²) >= 11 is 0. The third-order valence-corrected chi connectivity index (χ3v) is 8.16. The molecule has 2 aromatic carbocycles. The molecule has 1 atom stereocenters. The number of guanidine groups is 1. The molecule has 0 amide bonds. The number of aliphatic imine (C=N–C) groups is 1. The lowest BCUT2D eigenvalue weighted by Gasteiger charge is -2.44. The maximum absolute atomic E-state index is 11.8. The lowest BCUT2D eigenvalue weighted by atomic mass is 9.99. The lowest BCUT2D eigenvalue weighted by molar-refractivity contribution is 0.220. The number of aromatic nitrogens is 3. The minimum absolute atomic E-state index is 0. The molecule has 1 aliphatic rings. The van der Waals surface area contributed by atoms with E-state index >= 15 is 0 Å². The van der Waals surface area contributed by atoms with Crippen LogP contribution in [0.3, 0.4) is 0 Å². The van der Waals surface area contributed by atoms with E-state index in [-0.39, 0.29) is 24.3 Å². The Morgan fingerprint density at radius 1 is 1.05 bits per heavy atom. The van der Waals surface area contributed by atoms with E-state index in [0.717, 1.165) is 28.0 Å². The van der Waals surface area contributed by atoms with Gasteiger partial charge in [0.1, 0.15) is 0 Å². The molecule has 10 nitrogen and oxygen atoms in total. The van der Waals surface area contributed by atoms with Crippen molar-refractivity contribution in [2.45, 2.75) is 32.2 Å². The van der Waals surface area contributed by atoms with Crippen molar-refractivity contribution >= 4 is 38.2 Å². The second-order valence-corrected chi connectivity index (χ2v) is 12.1. The van der Waals surface area contributed by atoms with E-state index in [1.807, 2.05) is 42.5 Å². The average Bonchev–Trinajstić information content (AvgIpc) is 2.96. The Morgan fingerprint density at radius 2 is 1.83 bits per heavy atom. The van der Waals surface area contributed by atoms with Gasteiger partial charge in [-0.1, -0.05) is 39.5 Å². The standard InChI is InChI=1S/C29H30N8O2S.CH4/c1-20(2)27-18-36(28-14-13-24(34-35-28)21-9-11-22(12-10-21)40(3,38)39)16-17-37(27)29(32-19-30)33-26-8-4-7-25-23(26)6-5-15-31-25;/h4-15,20,27H,16-18H2,1-3H3,(H,32,33);1H4/t27-;/m1./s1. The van der Waals surface area contributed by atoms with E-state index in [1.165, 1.54) is 6.26 Å². The van der Waals surface area contributed by atoms with Gasteiger partial charge >= 0.3 is 0 Å². The number of fused-ring (bicyclic) bond motifs is 1. The molecule has 0 saturated carbocycles. The minimum atomic E-state index is -3.26. The normalized spacial score (nSPS) is 15.9. The van der Waals surface area contributed by atoms with Crippen LogP contribution < -0.4 is 10.2 Å². The van der Waals surface area contributed by atoms with Crippen LogP contribution in [0.15, 0.2) is 82.8 Å². The molecule has 1 N–H and O–H groups in total. The largest absolute Gasteiger partial charge is 0.351 e. The monoisotopic (exact) mass is 570 g/mol. The Balaban J connectivity index is 0.00000387. The summed E-state index contributed by atoms with van der Waals surface area (Å²) in [6, 6.07) is 20.2. The van der Waals surface area contributed by atoms with Crippen LogP contribution in [0.5, 0.6) is 0 Å². The highest BCUT2D eigenvalue weighted by Crippen LogP contribution is 2.27. The first-order valence-electron chi connectivity index (χ1n) is 13.0. The first-order valence-corrected chi connectivity index (χ1v) is 14.9. The van der Waals surface area contributed by atoms with Crippen molar-refractivity contribution in [1.82, 2.24) is 25.4 Å². The molecule has 0 bridgehead atoms. The predicted molar refractivity (Wildman–Crippen MR) is 162 cm³/mol. The van der Waals surface area contributed by atoms with Gasteiger partial charge in [-0.05, 0) is 54.4 Å². The first kappa shape index (κ1) is 29.4. The molecule has 1 saturated heterocycles. The fourth-order valence-corrected chi connectivity index (χ4v) is 5.52. The molecule has 41 heavy (non-hydrogen) atoms. The van der Waals surface area contributed by atoms with E-state index in [4.69, 9.17) is 4.99 Å². The van der Waals surface area contributed by atoms with Gasteiger partial charge in [0.25, 0.3) is 0 Å². The molecule has 3 heterocycles. The van der Waals surface area contributed by atoms with Crippen molar-refractivity contribution in [3.05, 3.63) is 72.9 Å². The summed E-state index contributed by atoms with van der Waals surface area (Å²) in [4.78, 5) is 13.9. The van der Waals surface area contributed by atoms with Crippen LogP contribution in [-0.2, 0) is 9.84 Å². The molecule has 0 spiro atoms. The number of rotatable bonds is 5. The summed E-state index contributed by atoms with van der Waals surface area (Å²) in [5, 5.41) is 22.2. The van der Waals surface area contributed by atoms with Gasteiger partial charge in [0, 0.05) is 43.0 Å². The first-order chi connectivity index (χ1) is 19.2. The summed E-state index contributed by atoms with van der Waals surface area (Å²) < 4.78 is 23.5. The van der Waals surface area contributed by atoms with Gasteiger partial charge < -0.3 is 9.80 Å². The van der Waals surface area contributed by atoms with Crippen LogP contribution in [0.4, 0.5) is 11.5 Å². The molecule has 1 fully saturated rings. The summed E-state index contributed by atoms with van der Waals surface area (Å²) in [5.41, 5.74) is 3.06. The SMILES string of the molecule is C.CC(C)[C@H]1CN(c2ccc(-c3ccc(S(C)(=O)=O)cc3)nn2)CCN1C(=Nc1cccc2ncccc12)NC#N. The van der Waals surface area contributed by atoms with Crippen LogP contribution >= 0.6 is 0 Å². The second kappa shape index (κ2) is 12.3. The number of nitriles is 1. The highest BCUT2D eigenvalue weighted by Gasteiger charge is 2.32. The van der Waals surface area contributed by atoms with E-state index in [2.05, 4.69) is 50.3 Å². The van der Waals surface area contributed by atoms with Gasteiger partial charge in [-0.25, -0.2) is 13.4 Å². The van der Waals surface area contributed by atoms with Gasteiger partial charge in [0.15, 0.2) is 21.8 Å². The number of hydrogen-bond donors (Lipinski definition) is 1. The van der Waals surface area contributed by atoms with Crippen molar-refractivity contribution in [3.63, 3.8) is 0 Å². The van der Waals surface area contributed by atoms with Gasteiger partial charge in [-0.15, -0.1) is 10.2 Å². The van der Waals surface area contributed by atoms with Crippen LogP contribution in [-0.4, -0.2) is 66.4 Å². The van der Waals surface area contributed by atoms with Crippen LogP contribution in [0, 0.1) is 17.4 Å². The summed E-state index contributed by atoms with van der Waals surface area (Å²) in [6.07, 6.45) is 5.00. The number of hydrogen-bond acceptors (Lipinski definition) is 8. The molecule has 5 rings (SSSR count). The van der Waals surface area contributed by atoms with Crippen molar-refractivity contribution < 1.29 is 8.42 Å². The number of nitrogens with one attached hydrogen (secondary N) is 1. The molecule has 1 aliphatic heterocycles. The Morgan fingerprint density at radius 3 is 2.49 bits per heavy atom. The smallest absolute Gasteiger partial charge is 0.213 e. The topological polar surface area (TPSA) is 127 Å². The van der Waals surface area contributed by atoms with Crippen molar-refractivity contribution in [1.29, 1.82) is 5.26 Å². The third kappa shape index (κ3) is 6.44. The maximum Gasteiger partial charge on any atom is 0.213 e. The number of benzene rings is 2. The lowest BCUT2D eigenvalue weighted by Crippen LogP contribution is -2.59. The Bertz CT molecular complexity index is 1680. The molecular formula is C30H34N8O2S. The molecular weight excluding hydrogens is 536 g/mol. The third-order valence-electron chi connectivity index (χ3n) is 7.03. The van der Waals surface area contributed by atoms with Gasteiger partial charge in [-0.2, -0.15) is 5.26 Å². The number of nitrogens with zero attached hydrogens (tertiary/aromatic N) is 7. The molecule has 0 radical (unpaired) electrons. The van der Waals surface area contributed by atoms with E-state index in [1.54, 1.807) is 30.5 Å². The summed E-state index contributed by atoms with van der Waals surface area (Å²) in [6.45, 7) is 6.29. The average molecular weight is 571 g/mol. The molecule has 0 aliphatic carbocycles. The highest BCUT2D eigenvalue weighted by molar-refractivity contribution is 7.90. The summed E-state index contributed by atoms with van der Waals surface area (Å²) in [7, 11) is -3.26. The summed E-state index contributed by atoms with van der Waals surface area (Å²) in [5.74, 6) is 1.54. The maximum atomic E-state index is 11.8. The predicted octanol–water partition coefficient (Wildman–Crippen LogP) is 4.64. The number of sulfone groups is 1. The molecule has 0 unspecified atom stereocenters. The molecule has 212 valence electrons. The number of anilines is 1. The fourth-order valence-electron chi connectivity index (χ4n) is 4.89. The van der Waals surface area contributed by atoms with Crippen molar-refractivity contribution in [2.75, 3.05) is 30.8 Å². The van der Waals surface area contributed by atoms with Gasteiger partial charge in [-0.3, -0.25) is 10.3 Å². The zero-order valence-electron chi connectivity index (χ0n) is 22.6. The molecule has 4 aromatic rings. The number of pyridine rings is 1. The van der Waals surface area contributed by atoms with Crippen molar-refractivity contribution in [3.8, 4) is 17.5 Å². The van der Waals surface area contributed by atoms with Crippen molar-refractivity contribution in [2.24, 2.45) is 10.9 Å². The minimum Gasteiger partial charge on any atom is -0.351 e. The van der Waals surface area contributed by atoms with Crippen LogP contribution in [0.2, 0.25) is 0 Å². The second-order valence-electron chi connectivity index (χ2n) is 10.0. The van der Waals surface area contributed by atoms with Gasteiger partial charge in [0.2, 0.25) is 5.96 Å². The van der Waals surface area contributed by atoms with E-state index < -0.39 is 9.84 Å². The molecule has 11 heteroatoms.